The van der Waals surface area contributed by atoms with E-state index in [1.54, 1.807) is 19.5 Å². The van der Waals surface area contributed by atoms with Crippen molar-refractivity contribution < 1.29 is 40.6 Å². The van der Waals surface area contributed by atoms with Gasteiger partial charge in [0.05, 0.1) is 37.7 Å². The van der Waals surface area contributed by atoms with Gasteiger partial charge in [0.2, 0.25) is 11.9 Å². The van der Waals surface area contributed by atoms with Crippen molar-refractivity contribution in [1.82, 2.24) is 15.0 Å². The Kier molecular flexibility index (Phi) is 12.4. The van der Waals surface area contributed by atoms with Crippen LogP contribution in [-0.4, -0.2) is 47.7 Å². The van der Waals surface area contributed by atoms with E-state index in [2.05, 4.69) is 28.7 Å². The number of hydrogen-bond acceptors (Lipinski definition) is 7. The highest BCUT2D eigenvalue weighted by atomic mass is 19.4. The first-order valence-electron chi connectivity index (χ1n) is 20.3. The van der Waals surface area contributed by atoms with Gasteiger partial charge in [-0.05, 0) is 97.7 Å². The fourth-order valence-corrected chi connectivity index (χ4v) is 8.90. The normalized spacial score (nSPS) is 20.4. The molecule has 0 spiro atoms. The zero-order chi connectivity index (χ0) is 41.2. The van der Waals surface area contributed by atoms with Crippen molar-refractivity contribution in [2.45, 2.75) is 122 Å². The van der Waals surface area contributed by atoms with E-state index >= 15 is 4.39 Å². The van der Waals surface area contributed by atoms with Crippen LogP contribution in [0.25, 0.3) is 0 Å². The number of aromatic nitrogens is 3. The summed E-state index contributed by atoms with van der Waals surface area (Å²) in [4.78, 5) is 16.6. The quantitative estimate of drug-likeness (QED) is 0.132. The Morgan fingerprint density at radius 2 is 1.50 bits per heavy atom. The van der Waals surface area contributed by atoms with Gasteiger partial charge in [-0.1, -0.05) is 38.1 Å². The Morgan fingerprint density at radius 3 is 2.10 bits per heavy atom. The standard InChI is InChI=1S/C45H52F6N4O3/c1-5-57-26-29-24-52-42(53-25-29)55-20-16-32(17-21-55)41-39(40(46)31-8-10-33(11-9-31)45(49,50)51)37(30-14-18-44(47,48)19-15-30)38-35(54-41)22-43(2,3)23-36(38)58-27-28-6-12-34(56-4)13-7-28/h6-13,24-25,30,32,36,40H,5,14-23,26-27H2,1-4H3/t36-,40?/m0/s1. The fraction of sp³-hybridized carbons (Fsp3) is 0.533. The maximum atomic E-state index is 17.8. The number of fused-ring (bicyclic) bond motifs is 1. The van der Waals surface area contributed by atoms with Crippen LogP contribution >= 0.6 is 0 Å². The number of pyridine rings is 1. The average molecular weight is 811 g/mol. The monoisotopic (exact) mass is 810 g/mol. The largest absolute Gasteiger partial charge is 0.497 e. The maximum absolute atomic E-state index is 17.8. The van der Waals surface area contributed by atoms with Gasteiger partial charge in [-0.3, -0.25) is 4.98 Å². The van der Waals surface area contributed by atoms with Gasteiger partial charge >= 0.3 is 6.18 Å². The van der Waals surface area contributed by atoms with Gasteiger partial charge in [-0.25, -0.2) is 23.1 Å². The van der Waals surface area contributed by atoms with Crippen molar-refractivity contribution in [3.05, 3.63) is 111 Å². The van der Waals surface area contributed by atoms with E-state index in [-0.39, 0.29) is 49.2 Å². The van der Waals surface area contributed by atoms with Crippen LogP contribution in [-0.2, 0) is 35.3 Å². The van der Waals surface area contributed by atoms with E-state index < -0.39 is 35.9 Å². The third kappa shape index (κ3) is 9.46. The number of benzene rings is 2. The number of methoxy groups -OCH3 is 1. The van der Waals surface area contributed by atoms with Crippen molar-refractivity contribution >= 4 is 5.95 Å². The van der Waals surface area contributed by atoms with E-state index in [1.807, 2.05) is 31.2 Å². The van der Waals surface area contributed by atoms with Gasteiger partial charge in [0.25, 0.3) is 0 Å². The highest BCUT2D eigenvalue weighted by Gasteiger charge is 2.44. The van der Waals surface area contributed by atoms with Gasteiger partial charge in [0.15, 0.2) is 6.17 Å². The van der Waals surface area contributed by atoms with E-state index in [0.29, 0.717) is 80.5 Å². The number of nitrogens with zero attached hydrogens (tertiary/aromatic N) is 4. The zero-order valence-corrected chi connectivity index (χ0v) is 33.6. The molecule has 2 atom stereocenters. The minimum absolute atomic E-state index is 0.0585. The molecule has 0 bridgehead atoms. The van der Waals surface area contributed by atoms with Crippen LogP contribution in [0.3, 0.4) is 0 Å². The summed E-state index contributed by atoms with van der Waals surface area (Å²) in [5, 5.41) is 0. The minimum Gasteiger partial charge on any atom is -0.497 e. The summed E-state index contributed by atoms with van der Waals surface area (Å²) in [7, 11) is 1.59. The molecule has 13 heteroatoms. The summed E-state index contributed by atoms with van der Waals surface area (Å²) in [6, 6.07) is 11.7. The third-order valence-electron chi connectivity index (χ3n) is 12.0. The molecule has 3 heterocycles. The minimum atomic E-state index is -4.59. The van der Waals surface area contributed by atoms with Gasteiger partial charge < -0.3 is 19.1 Å². The molecule has 7 rings (SSSR count). The van der Waals surface area contributed by atoms with Crippen molar-refractivity contribution in [2.75, 3.05) is 31.7 Å². The molecule has 1 saturated heterocycles. The lowest BCUT2D eigenvalue weighted by Crippen LogP contribution is -2.36. The summed E-state index contributed by atoms with van der Waals surface area (Å²) in [5.41, 5.74) is 3.71. The third-order valence-corrected chi connectivity index (χ3v) is 12.0. The van der Waals surface area contributed by atoms with Crippen molar-refractivity contribution in [1.29, 1.82) is 0 Å². The molecule has 3 aliphatic rings. The molecule has 0 amide bonds. The average Bonchev–Trinajstić information content (AvgIpc) is 3.21. The molecule has 58 heavy (non-hydrogen) atoms. The molecular formula is C45H52F6N4O3. The molecule has 312 valence electrons. The number of alkyl halides is 6. The molecule has 2 aromatic heterocycles. The SMILES string of the molecule is CCOCc1cnc(N2CCC(c3nc4c(c(C5CCC(F)(F)CC5)c3C(F)c3ccc(C(F)(F)F)cc3)[C@@H](OCc3ccc(OC)cc3)CC(C)(C)C4)CC2)nc1. The number of anilines is 1. The molecule has 4 aromatic rings. The molecule has 7 nitrogen and oxygen atoms in total. The molecule has 0 radical (unpaired) electrons. The van der Waals surface area contributed by atoms with E-state index in [9.17, 15) is 22.0 Å². The molecule has 1 saturated carbocycles. The van der Waals surface area contributed by atoms with Crippen LogP contribution in [0.1, 0.15) is 140 Å². The molecule has 2 aromatic carbocycles. The number of hydrogen-bond donors (Lipinski definition) is 0. The Morgan fingerprint density at radius 1 is 0.845 bits per heavy atom. The summed E-state index contributed by atoms with van der Waals surface area (Å²) in [6.45, 7) is 8.58. The molecule has 0 N–H and O–H groups in total. The Hall–Kier alpha value is -4.23. The van der Waals surface area contributed by atoms with Crippen LogP contribution in [0.2, 0.25) is 0 Å². The van der Waals surface area contributed by atoms with Crippen LogP contribution in [0, 0.1) is 5.41 Å². The number of ether oxygens (including phenoxy) is 3. The van der Waals surface area contributed by atoms with Gasteiger partial charge in [-0.2, -0.15) is 13.2 Å². The number of rotatable bonds is 12. The van der Waals surface area contributed by atoms with Crippen LogP contribution < -0.4 is 9.64 Å². The van der Waals surface area contributed by atoms with Crippen molar-refractivity contribution in [3.8, 4) is 5.75 Å². The maximum Gasteiger partial charge on any atom is 0.416 e. The van der Waals surface area contributed by atoms with Gasteiger partial charge in [-0.15, -0.1) is 0 Å². The topological polar surface area (TPSA) is 69.6 Å². The molecule has 2 fully saturated rings. The lowest BCUT2D eigenvalue weighted by Gasteiger charge is -2.42. The van der Waals surface area contributed by atoms with E-state index in [0.717, 1.165) is 34.5 Å². The number of halogens is 6. The predicted molar refractivity (Wildman–Crippen MR) is 209 cm³/mol. The lowest BCUT2D eigenvalue weighted by molar-refractivity contribution is -0.137. The first-order chi connectivity index (χ1) is 27.6. The second-order valence-corrected chi connectivity index (χ2v) is 16.8. The smallest absolute Gasteiger partial charge is 0.416 e. The first kappa shape index (κ1) is 41.9. The molecule has 1 unspecified atom stereocenters. The number of piperidine rings is 1. The van der Waals surface area contributed by atoms with E-state index in [1.165, 1.54) is 12.1 Å². The first-order valence-corrected chi connectivity index (χ1v) is 20.3. The van der Waals surface area contributed by atoms with Crippen molar-refractivity contribution in [3.63, 3.8) is 0 Å². The Labute approximate surface area is 336 Å². The predicted octanol–water partition coefficient (Wildman–Crippen LogP) is 11.4. The van der Waals surface area contributed by atoms with Crippen LogP contribution in [0.4, 0.5) is 32.3 Å². The lowest BCUT2D eigenvalue weighted by atomic mass is 9.68. The second kappa shape index (κ2) is 17.2. The second-order valence-electron chi connectivity index (χ2n) is 16.8. The summed E-state index contributed by atoms with van der Waals surface area (Å²) >= 11 is 0. The van der Waals surface area contributed by atoms with Gasteiger partial charge in [0, 0.05) is 73.2 Å². The van der Waals surface area contributed by atoms with Crippen molar-refractivity contribution in [2.24, 2.45) is 5.41 Å². The van der Waals surface area contributed by atoms with Crippen LogP contribution in [0.5, 0.6) is 5.75 Å². The molecular weight excluding hydrogens is 759 g/mol. The fourth-order valence-electron chi connectivity index (χ4n) is 8.90. The highest BCUT2D eigenvalue weighted by molar-refractivity contribution is 5.51. The Bertz CT molecular complexity index is 1990. The zero-order valence-electron chi connectivity index (χ0n) is 33.6. The van der Waals surface area contributed by atoms with E-state index in [4.69, 9.17) is 19.2 Å². The van der Waals surface area contributed by atoms with Crippen LogP contribution in [0.15, 0.2) is 60.9 Å². The summed E-state index contributed by atoms with van der Waals surface area (Å²) < 4.78 is 106. The van der Waals surface area contributed by atoms with Gasteiger partial charge in [0.1, 0.15) is 5.75 Å². The molecule has 1 aliphatic heterocycles. The summed E-state index contributed by atoms with van der Waals surface area (Å²) in [6.07, 6.45) is -1.54. The Balaban J connectivity index is 1.32. The molecule has 2 aliphatic carbocycles. The highest BCUT2D eigenvalue weighted by Crippen LogP contribution is 2.53. The summed E-state index contributed by atoms with van der Waals surface area (Å²) in [5.74, 6) is -2.19.